The highest BCUT2D eigenvalue weighted by Gasteiger charge is 2.59. The van der Waals surface area contributed by atoms with Gasteiger partial charge in [-0.15, -0.1) is 0 Å². The van der Waals surface area contributed by atoms with E-state index in [1.165, 1.54) is 72.0 Å². The first-order valence-corrected chi connectivity index (χ1v) is 15.5. The summed E-state index contributed by atoms with van der Waals surface area (Å²) in [5, 5.41) is 0. The molecule has 0 aromatic heterocycles. The van der Waals surface area contributed by atoms with E-state index in [1.807, 2.05) is 0 Å². The Morgan fingerprint density at radius 1 is 0.406 bits per heavy atom. The van der Waals surface area contributed by atoms with Gasteiger partial charge in [-0.05, 0) is 179 Å². The molecule has 0 saturated heterocycles. The van der Waals surface area contributed by atoms with E-state index in [4.69, 9.17) is 0 Å². The number of hydrogen-bond donors (Lipinski definition) is 0. The lowest BCUT2D eigenvalue weighted by Crippen LogP contribution is -2.27. The Morgan fingerprint density at radius 2 is 0.844 bits per heavy atom. The van der Waals surface area contributed by atoms with Crippen molar-refractivity contribution < 1.29 is 0 Å². The van der Waals surface area contributed by atoms with Crippen LogP contribution in [0.15, 0.2) is 12.2 Å². The zero-order valence-electron chi connectivity index (χ0n) is 20.6. The Hall–Kier alpha value is -0.260. The van der Waals surface area contributed by atoms with Crippen LogP contribution in [0.4, 0.5) is 0 Å². The highest BCUT2D eigenvalue weighted by Crippen LogP contribution is 2.67. The topological polar surface area (TPSA) is 0 Å². The normalized spacial score (nSPS) is 60.2. The lowest BCUT2D eigenvalue weighted by molar-refractivity contribution is 0.146. The molecule has 0 spiro atoms. The van der Waals surface area contributed by atoms with Gasteiger partial charge >= 0.3 is 0 Å². The maximum atomic E-state index is 2.49. The molecule has 12 unspecified atom stereocenters. The van der Waals surface area contributed by atoms with E-state index >= 15 is 0 Å². The van der Waals surface area contributed by atoms with E-state index < -0.39 is 0 Å². The predicted octanol–water partition coefficient (Wildman–Crippen LogP) is 8.52. The minimum atomic E-state index is 1.03. The zero-order chi connectivity index (χ0) is 20.8. The first-order valence-electron chi connectivity index (χ1n) is 15.5. The summed E-state index contributed by atoms with van der Waals surface area (Å²) in [5.41, 5.74) is 0. The lowest BCUT2D eigenvalue weighted by Gasteiger charge is -2.34. The summed E-state index contributed by atoms with van der Waals surface area (Å²) in [6.07, 6.45) is 30.2. The van der Waals surface area contributed by atoms with Gasteiger partial charge in [-0.1, -0.05) is 18.6 Å². The number of hydrogen-bond acceptors (Lipinski definition) is 0. The Balaban J connectivity index is 0.0000000798. The van der Waals surface area contributed by atoms with Gasteiger partial charge in [0.2, 0.25) is 0 Å². The smallest absolute Gasteiger partial charge is 0.0171 e. The molecule has 176 valence electrons. The van der Waals surface area contributed by atoms with Crippen LogP contribution >= 0.6 is 0 Å². The summed E-state index contributed by atoms with van der Waals surface area (Å²) < 4.78 is 0. The molecule has 10 aliphatic rings. The molecule has 0 aromatic rings. The Labute approximate surface area is 197 Å². The molecule has 10 aliphatic carbocycles. The van der Waals surface area contributed by atoms with Crippen LogP contribution in [0.1, 0.15) is 103 Å². The van der Waals surface area contributed by atoms with Crippen molar-refractivity contribution in [3.63, 3.8) is 0 Å². The molecule has 0 aliphatic heterocycles. The van der Waals surface area contributed by atoms with Crippen molar-refractivity contribution in [2.24, 2.45) is 82.9 Å². The van der Waals surface area contributed by atoms with Crippen molar-refractivity contribution in [2.75, 3.05) is 0 Å². The van der Waals surface area contributed by atoms with Gasteiger partial charge in [0, 0.05) is 0 Å². The van der Waals surface area contributed by atoms with E-state index in [0.29, 0.717) is 0 Å². The fourth-order valence-electron chi connectivity index (χ4n) is 13.0. The lowest BCUT2D eigenvalue weighted by atomic mass is 9.71. The molecule has 12 atom stereocenters. The standard InChI is InChI=1S/C12H18.C10H16.C10H14/c1-2-8-5-7(1)11-9-3-4-10(6-9)12(8)11;2*1-2-9-7-4-5-8(6-7)10(9)3-1/h7-12H,1-6H2;7-10H,1-6H2;1-2,7-10H,3-6H2. The van der Waals surface area contributed by atoms with Crippen LogP contribution in [0.3, 0.4) is 0 Å². The first kappa shape index (κ1) is 20.0. The summed E-state index contributed by atoms with van der Waals surface area (Å²) >= 11 is 0. The van der Waals surface area contributed by atoms with Crippen molar-refractivity contribution in [3.8, 4) is 0 Å². The van der Waals surface area contributed by atoms with Gasteiger partial charge in [-0.2, -0.15) is 0 Å². The molecular weight excluding hydrogens is 384 g/mol. The predicted molar refractivity (Wildman–Crippen MR) is 132 cm³/mol. The van der Waals surface area contributed by atoms with Gasteiger partial charge in [0.25, 0.3) is 0 Å². The molecular formula is C32H48. The summed E-state index contributed by atoms with van der Waals surface area (Å²) in [6, 6.07) is 0. The van der Waals surface area contributed by atoms with Crippen LogP contribution < -0.4 is 0 Å². The monoisotopic (exact) mass is 432 g/mol. The van der Waals surface area contributed by atoms with Gasteiger partial charge in [-0.3, -0.25) is 0 Å². The highest BCUT2D eigenvalue weighted by molar-refractivity contribution is 5.12. The molecule has 9 fully saturated rings. The maximum Gasteiger partial charge on any atom is -0.0171 e. The molecule has 0 amide bonds. The SMILES string of the molecule is C1=CC2C3CCC(C3)C2C1.C1CC2C3CCC(C3)C2C1.C1CC2CC1C1C3CCC(C3)C21. The second-order valence-electron chi connectivity index (χ2n) is 14.7. The van der Waals surface area contributed by atoms with Crippen molar-refractivity contribution in [2.45, 2.75) is 103 Å². The van der Waals surface area contributed by atoms with Crippen molar-refractivity contribution in [1.82, 2.24) is 0 Å². The largest absolute Gasteiger partial charge is 0.0879 e. The Bertz CT molecular complexity index is 686. The van der Waals surface area contributed by atoms with Crippen LogP contribution in [0.5, 0.6) is 0 Å². The quantitative estimate of drug-likeness (QED) is 0.266. The van der Waals surface area contributed by atoms with Gasteiger partial charge in [0.05, 0.1) is 0 Å². The molecule has 0 nitrogen and oxygen atoms in total. The second-order valence-corrected chi connectivity index (χ2v) is 14.7. The Morgan fingerprint density at radius 3 is 1.41 bits per heavy atom. The van der Waals surface area contributed by atoms with E-state index in [-0.39, 0.29) is 0 Å². The van der Waals surface area contributed by atoms with E-state index in [2.05, 4.69) is 12.2 Å². The molecule has 32 heavy (non-hydrogen) atoms. The van der Waals surface area contributed by atoms with Crippen molar-refractivity contribution >= 4 is 0 Å². The Kier molecular flexibility index (Phi) is 4.76. The van der Waals surface area contributed by atoms with Gasteiger partial charge in [-0.25, -0.2) is 0 Å². The molecule has 10 rings (SSSR count). The van der Waals surface area contributed by atoms with Gasteiger partial charge in [0.1, 0.15) is 0 Å². The van der Waals surface area contributed by atoms with E-state index in [0.717, 1.165) is 23.7 Å². The number of allylic oxidation sites excluding steroid dienone is 2. The van der Waals surface area contributed by atoms with Gasteiger partial charge in [0.15, 0.2) is 0 Å². The van der Waals surface area contributed by atoms with Crippen molar-refractivity contribution in [3.05, 3.63) is 12.2 Å². The summed E-state index contributed by atoms with van der Waals surface area (Å²) in [6.45, 7) is 0. The first-order chi connectivity index (χ1) is 15.8. The number of fused-ring (bicyclic) bond motifs is 19. The summed E-state index contributed by atoms with van der Waals surface area (Å²) in [5.74, 6) is 16.4. The van der Waals surface area contributed by atoms with E-state index in [1.54, 1.807) is 89.9 Å². The van der Waals surface area contributed by atoms with Crippen LogP contribution in [0.25, 0.3) is 0 Å². The minimum absolute atomic E-state index is 1.03. The second kappa shape index (κ2) is 7.62. The maximum absolute atomic E-state index is 2.49. The third-order valence-electron chi connectivity index (χ3n) is 13.9. The average Bonchev–Trinajstić information content (AvgIpc) is 3.67. The minimum Gasteiger partial charge on any atom is -0.0879 e. The zero-order valence-corrected chi connectivity index (χ0v) is 20.6. The third-order valence-corrected chi connectivity index (χ3v) is 13.9. The molecule has 0 aromatic carbocycles. The molecule has 0 heteroatoms. The average molecular weight is 433 g/mol. The fourth-order valence-corrected chi connectivity index (χ4v) is 13.0. The van der Waals surface area contributed by atoms with E-state index in [9.17, 15) is 0 Å². The van der Waals surface area contributed by atoms with Gasteiger partial charge < -0.3 is 0 Å². The van der Waals surface area contributed by atoms with Crippen LogP contribution in [0, 0.1) is 82.9 Å². The molecule has 0 heterocycles. The van der Waals surface area contributed by atoms with Crippen LogP contribution in [0.2, 0.25) is 0 Å². The van der Waals surface area contributed by atoms with Crippen LogP contribution in [-0.4, -0.2) is 0 Å². The molecule has 0 radical (unpaired) electrons. The third kappa shape index (κ3) is 2.92. The summed E-state index contributed by atoms with van der Waals surface area (Å²) in [4.78, 5) is 0. The molecule has 0 N–H and O–H groups in total. The highest BCUT2D eigenvalue weighted by atomic mass is 14.6. The number of rotatable bonds is 0. The van der Waals surface area contributed by atoms with Crippen LogP contribution in [-0.2, 0) is 0 Å². The summed E-state index contributed by atoms with van der Waals surface area (Å²) in [7, 11) is 0. The fraction of sp³-hybridized carbons (Fsp3) is 0.938. The molecule has 8 bridgehead atoms. The van der Waals surface area contributed by atoms with Crippen molar-refractivity contribution in [1.29, 1.82) is 0 Å². The molecule has 9 saturated carbocycles.